The molecule has 0 saturated carbocycles. The van der Waals surface area contributed by atoms with E-state index in [4.69, 9.17) is 4.43 Å². The second kappa shape index (κ2) is 7.18. The Morgan fingerprint density at radius 3 is 1.68 bits per heavy atom. The van der Waals surface area contributed by atoms with Crippen LogP contribution in [0.25, 0.3) is 0 Å². The Bertz CT molecular complexity index is 462. The molecule has 128 valence electrons. The molecule has 0 bridgehead atoms. The van der Waals surface area contributed by atoms with Crippen molar-refractivity contribution >= 4 is 24.5 Å². The molecule has 0 amide bonds. The number of hydrogen-bond acceptors (Lipinski definition) is 1. The monoisotopic (exact) mass is 354 g/mol. The van der Waals surface area contributed by atoms with Crippen LogP contribution in [-0.4, -0.2) is 31.1 Å². The zero-order chi connectivity index (χ0) is 18.0. The van der Waals surface area contributed by atoms with Crippen molar-refractivity contribution in [2.45, 2.75) is 78.2 Å². The van der Waals surface area contributed by atoms with Crippen LogP contribution in [0.3, 0.4) is 0 Å². The average molecular weight is 355 g/mol. The van der Waals surface area contributed by atoms with E-state index in [0.29, 0.717) is 0 Å². The largest absolute Gasteiger partial charge is 0.413 e. The highest BCUT2D eigenvalue weighted by Crippen LogP contribution is 2.37. The van der Waals surface area contributed by atoms with E-state index in [-0.39, 0.29) is 5.04 Å². The Labute approximate surface area is 142 Å². The minimum Gasteiger partial charge on any atom is -0.413 e. The van der Waals surface area contributed by atoms with E-state index in [1.54, 1.807) is 0 Å². The molecule has 0 unspecified atom stereocenters. The van der Waals surface area contributed by atoms with E-state index in [1.807, 2.05) is 0 Å². The van der Waals surface area contributed by atoms with E-state index < -0.39 is 24.5 Å². The van der Waals surface area contributed by atoms with Crippen LogP contribution in [0.15, 0.2) is 28.8 Å². The molecule has 0 spiro atoms. The van der Waals surface area contributed by atoms with Gasteiger partial charge in [-0.2, -0.15) is 0 Å². The van der Waals surface area contributed by atoms with Crippen LogP contribution >= 0.6 is 0 Å². The minimum absolute atomic E-state index is 0.260. The Hall–Kier alpha value is -0.129. The van der Waals surface area contributed by atoms with Crippen LogP contribution in [0.1, 0.15) is 20.8 Å². The summed E-state index contributed by atoms with van der Waals surface area (Å²) in [7, 11) is -4.54. The van der Waals surface area contributed by atoms with E-state index in [2.05, 4.69) is 91.5 Å². The zero-order valence-corrected chi connectivity index (χ0v) is 19.9. The molecule has 0 aromatic heterocycles. The first kappa shape index (κ1) is 21.9. The summed E-state index contributed by atoms with van der Waals surface area (Å²) >= 11 is 0. The normalized spacial score (nSPS) is 14.8. The van der Waals surface area contributed by atoms with Crippen molar-refractivity contribution in [2.24, 2.45) is 0 Å². The lowest BCUT2D eigenvalue weighted by atomic mass is 10.2. The molecule has 4 heteroatoms. The van der Waals surface area contributed by atoms with E-state index >= 15 is 0 Å². The summed E-state index contributed by atoms with van der Waals surface area (Å²) in [5.41, 5.74) is 3.28. The van der Waals surface area contributed by atoms with Gasteiger partial charge in [0.15, 0.2) is 8.32 Å². The zero-order valence-electron chi connectivity index (χ0n) is 16.9. The average Bonchev–Trinajstić information content (AvgIpc) is 2.22. The van der Waals surface area contributed by atoms with Gasteiger partial charge in [0, 0.05) is 0 Å². The molecule has 0 aromatic carbocycles. The third-order valence-electron chi connectivity index (χ3n) is 4.54. The first-order chi connectivity index (χ1) is 9.54. The Morgan fingerprint density at radius 2 is 1.41 bits per heavy atom. The fourth-order valence-electron chi connectivity index (χ4n) is 2.10. The lowest BCUT2D eigenvalue weighted by molar-refractivity contribution is 0.327. The van der Waals surface area contributed by atoms with Crippen LogP contribution in [0.5, 0.6) is 0 Å². The summed E-state index contributed by atoms with van der Waals surface area (Å²) in [5.74, 6) is 0. The van der Waals surface area contributed by atoms with Gasteiger partial charge in [0.25, 0.3) is 0 Å². The molecule has 0 radical (unpaired) electrons. The highest BCUT2D eigenvalue weighted by Gasteiger charge is 2.37. The predicted molar refractivity (Wildman–Crippen MR) is 111 cm³/mol. The molecule has 0 rings (SSSR count). The summed E-state index contributed by atoms with van der Waals surface area (Å²) in [6.07, 6.45) is 2.35. The van der Waals surface area contributed by atoms with Crippen LogP contribution in [0.4, 0.5) is 0 Å². The second-order valence-electron chi connectivity index (χ2n) is 9.74. The minimum atomic E-state index is -1.68. The molecular weight excluding hydrogens is 316 g/mol. The van der Waals surface area contributed by atoms with Crippen molar-refractivity contribution in [1.29, 1.82) is 0 Å². The van der Waals surface area contributed by atoms with Crippen LogP contribution in [-0.2, 0) is 4.43 Å². The molecular formula is C18H38OSi3. The molecule has 0 heterocycles. The summed E-state index contributed by atoms with van der Waals surface area (Å²) in [4.78, 5) is 0. The molecule has 1 nitrogen and oxygen atoms in total. The SMILES string of the molecule is C=C=C(/C(=C/CO[Si](C)(C)C(C)(C)C)[Si](C)(C)C)[Si](C)(C)C. The van der Waals surface area contributed by atoms with Crippen molar-refractivity contribution in [3.8, 4) is 0 Å². The van der Waals surface area contributed by atoms with Gasteiger partial charge in [-0.25, -0.2) is 0 Å². The van der Waals surface area contributed by atoms with E-state index in [0.717, 1.165) is 6.61 Å². The number of allylic oxidation sites excluding steroid dienone is 2. The third-order valence-corrected chi connectivity index (χ3v) is 13.3. The van der Waals surface area contributed by atoms with Gasteiger partial charge >= 0.3 is 0 Å². The number of rotatable bonds is 6. The van der Waals surface area contributed by atoms with Gasteiger partial charge in [-0.3, -0.25) is 0 Å². The van der Waals surface area contributed by atoms with Crippen molar-refractivity contribution in [2.75, 3.05) is 6.61 Å². The fraction of sp³-hybridized carbons (Fsp3) is 0.722. The van der Waals surface area contributed by atoms with Crippen molar-refractivity contribution < 1.29 is 4.43 Å². The molecule has 0 aliphatic heterocycles. The molecule has 0 aliphatic carbocycles. The van der Waals surface area contributed by atoms with E-state index in [9.17, 15) is 0 Å². The molecule has 0 atom stereocenters. The van der Waals surface area contributed by atoms with Crippen molar-refractivity contribution in [3.05, 3.63) is 28.8 Å². The Morgan fingerprint density at radius 1 is 0.955 bits per heavy atom. The molecule has 0 N–H and O–H groups in total. The highest BCUT2D eigenvalue weighted by atomic mass is 28.4. The second-order valence-corrected chi connectivity index (χ2v) is 24.6. The van der Waals surface area contributed by atoms with Crippen LogP contribution < -0.4 is 0 Å². The molecule has 22 heavy (non-hydrogen) atoms. The topological polar surface area (TPSA) is 9.23 Å². The smallest absolute Gasteiger partial charge is 0.192 e. The summed E-state index contributed by atoms with van der Waals surface area (Å²) < 4.78 is 6.37. The Kier molecular flexibility index (Phi) is 7.14. The van der Waals surface area contributed by atoms with Gasteiger partial charge in [0.05, 0.1) is 22.8 Å². The van der Waals surface area contributed by atoms with E-state index in [1.165, 1.54) is 10.4 Å². The first-order valence-corrected chi connectivity index (χ1v) is 18.2. The maximum absolute atomic E-state index is 6.37. The molecule has 0 aromatic rings. The molecule has 0 saturated heterocycles. The third kappa shape index (κ3) is 6.17. The predicted octanol–water partition coefficient (Wildman–Crippen LogP) is 6.40. The lowest BCUT2D eigenvalue weighted by Gasteiger charge is -2.36. The lowest BCUT2D eigenvalue weighted by Crippen LogP contribution is -2.41. The van der Waals surface area contributed by atoms with Gasteiger partial charge in [-0.05, 0) is 23.3 Å². The van der Waals surface area contributed by atoms with Gasteiger partial charge in [-0.15, -0.1) is 5.73 Å². The molecule has 0 aliphatic rings. The molecule has 0 fully saturated rings. The van der Waals surface area contributed by atoms with Crippen LogP contribution in [0.2, 0.25) is 57.4 Å². The maximum Gasteiger partial charge on any atom is 0.192 e. The van der Waals surface area contributed by atoms with Gasteiger partial charge in [-0.1, -0.05) is 77.9 Å². The van der Waals surface area contributed by atoms with Gasteiger partial charge in [0.1, 0.15) is 0 Å². The van der Waals surface area contributed by atoms with Gasteiger partial charge < -0.3 is 4.43 Å². The van der Waals surface area contributed by atoms with Crippen LogP contribution in [0, 0.1) is 0 Å². The van der Waals surface area contributed by atoms with Gasteiger partial charge in [0.2, 0.25) is 0 Å². The summed E-state index contributed by atoms with van der Waals surface area (Å²) in [6, 6.07) is 0. The summed E-state index contributed by atoms with van der Waals surface area (Å²) in [6.45, 7) is 30.6. The summed E-state index contributed by atoms with van der Waals surface area (Å²) in [5, 5.41) is 3.15. The maximum atomic E-state index is 6.37. The highest BCUT2D eigenvalue weighted by molar-refractivity contribution is 6.92. The number of hydrogen-bond donors (Lipinski definition) is 0. The quantitative estimate of drug-likeness (QED) is 0.304. The van der Waals surface area contributed by atoms with Crippen molar-refractivity contribution in [1.82, 2.24) is 0 Å². The fourth-order valence-corrected chi connectivity index (χ4v) is 8.25. The van der Waals surface area contributed by atoms with Crippen molar-refractivity contribution in [3.63, 3.8) is 0 Å². The first-order valence-electron chi connectivity index (χ1n) is 8.29. The standard InChI is InChI=1S/C18H38OSi3/c1-13-16(20(5,6)7)17(21(8,9)10)14-15-19-22(11,12)18(2,3)4/h14H,1,15H2,2-12H3/b17-14-. The Balaban J connectivity index is 5.49.